The third kappa shape index (κ3) is 2.31. The van der Waals surface area contributed by atoms with E-state index in [2.05, 4.69) is 4.90 Å². The highest BCUT2D eigenvalue weighted by Gasteiger charge is 2.33. The Labute approximate surface area is 73.9 Å². The van der Waals surface area contributed by atoms with Crippen molar-refractivity contribution >= 4 is 5.78 Å². The van der Waals surface area contributed by atoms with Crippen molar-refractivity contribution in [3.63, 3.8) is 0 Å². The number of hydrogen-bond acceptors (Lipinski definition) is 2. The molecule has 0 aliphatic heterocycles. The lowest BCUT2D eigenvalue weighted by atomic mass is 10.3. The van der Waals surface area contributed by atoms with Gasteiger partial charge in [0.25, 0.3) is 0 Å². The first-order valence-corrected chi connectivity index (χ1v) is 4.99. The number of ketones is 1. The molecule has 0 heterocycles. The number of hydrogen-bond donors (Lipinski definition) is 0. The summed E-state index contributed by atoms with van der Waals surface area (Å²) in [5, 5.41) is 0. The number of carbonyl (C=O) groups is 1. The van der Waals surface area contributed by atoms with Crippen LogP contribution in [0.4, 0.5) is 0 Å². The first-order valence-electron chi connectivity index (χ1n) is 4.99. The van der Waals surface area contributed by atoms with Crippen LogP contribution in [0.2, 0.25) is 0 Å². The molecular weight excluding hydrogens is 150 g/mol. The van der Waals surface area contributed by atoms with E-state index in [1.54, 1.807) is 6.92 Å². The molecular formula is C10H17NO. The van der Waals surface area contributed by atoms with Crippen molar-refractivity contribution in [2.24, 2.45) is 5.92 Å². The van der Waals surface area contributed by atoms with Crippen LogP contribution in [0.1, 0.15) is 32.6 Å². The molecule has 12 heavy (non-hydrogen) atoms. The molecule has 2 saturated carbocycles. The molecule has 2 fully saturated rings. The van der Waals surface area contributed by atoms with E-state index in [0.717, 1.165) is 12.0 Å². The number of rotatable bonds is 5. The quantitative estimate of drug-likeness (QED) is 0.617. The number of carbonyl (C=O) groups excluding carboxylic acids is 1. The Bertz CT molecular complexity index is 182. The maximum atomic E-state index is 10.9. The highest BCUT2D eigenvalue weighted by Crippen LogP contribution is 2.34. The Morgan fingerprint density at radius 2 is 2.00 bits per heavy atom. The third-order valence-electron chi connectivity index (χ3n) is 2.68. The van der Waals surface area contributed by atoms with Gasteiger partial charge in [0.1, 0.15) is 5.78 Å². The fraction of sp³-hybridized carbons (Fsp3) is 0.900. The second-order valence-electron chi connectivity index (χ2n) is 4.31. The molecule has 0 atom stereocenters. The lowest BCUT2D eigenvalue weighted by molar-refractivity contribution is -0.118. The van der Waals surface area contributed by atoms with Crippen LogP contribution in [-0.4, -0.2) is 29.8 Å². The van der Waals surface area contributed by atoms with Gasteiger partial charge in [-0.25, -0.2) is 0 Å². The van der Waals surface area contributed by atoms with E-state index in [9.17, 15) is 4.79 Å². The third-order valence-corrected chi connectivity index (χ3v) is 2.68. The predicted molar refractivity (Wildman–Crippen MR) is 48.0 cm³/mol. The van der Waals surface area contributed by atoms with E-state index in [0.29, 0.717) is 12.3 Å². The number of nitrogens with zero attached hydrogens (tertiary/aromatic N) is 1. The minimum Gasteiger partial charge on any atom is -0.299 e. The van der Waals surface area contributed by atoms with Gasteiger partial charge in [0.15, 0.2) is 0 Å². The molecule has 0 aromatic rings. The molecule has 0 radical (unpaired) electrons. The van der Waals surface area contributed by atoms with E-state index in [4.69, 9.17) is 0 Å². The van der Waals surface area contributed by atoms with Crippen molar-refractivity contribution in [1.29, 1.82) is 0 Å². The van der Waals surface area contributed by atoms with Crippen molar-refractivity contribution in [2.75, 3.05) is 13.1 Å². The Morgan fingerprint density at radius 3 is 2.42 bits per heavy atom. The number of Topliss-reactive ketones (excluding diaryl/α,β-unsaturated/α-hetero) is 1. The van der Waals surface area contributed by atoms with Crippen molar-refractivity contribution in [3.8, 4) is 0 Å². The Hall–Kier alpha value is -0.370. The molecule has 2 nitrogen and oxygen atoms in total. The maximum absolute atomic E-state index is 10.9. The lowest BCUT2D eigenvalue weighted by Gasteiger charge is -2.19. The minimum absolute atomic E-state index is 0.322. The van der Waals surface area contributed by atoms with Crippen molar-refractivity contribution in [1.82, 2.24) is 4.90 Å². The summed E-state index contributed by atoms with van der Waals surface area (Å²) >= 11 is 0. The summed E-state index contributed by atoms with van der Waals surface area (Å²) in [7, 11) is 0. The van der Waals surface area contributed by atoms with Gasteiger partial charge >= 0.3 is 0 Å². The largest absolute Gasteiger partial charge is 0.299 e. The van der Waals surface area contributed by atoms with Crippen molar-refractivity contribution in [2.45, 2.75) is 38.6 Å². The molecule has 2 heteroatoms. The molecule has 68 valence electrons. The highest BCUT2D eigenvalue weighted by molar-refractivity contribution is 5.77. The topological polar surface area (TPSA) is 20.3 Å². The summed E-state index contributed by atoms with van der Waals surface area (Å²) in [4.78, 5) is 13.3. The van der Waals surface area contributed by atoms with Crippen LogP contribution in [-0.2, 0) is 4.79 Å². The van der Waals surface area contributed by atoms with Gasteiger partial charge in [0, 0.05) is 12.6 Å². The molecule has 0 spiro atoms. The van der Waals surface area contributed by atoms with E-state index in [1.165, 1.54) is 32.2 Å². The van der Waals surface area contributed by atoms with Gasteiger partial charge in [-0.3, -0.25) is 9.69 Å². The normalized spacial score (nSPS) is 23.2. The molecule has 0 saturated heterocycles. The van der Waals surface area contributed by atoms with Crippen LogP contribution < -0.4 is 0 Å². The van der Waals surface area contributed by atoms with Crippen LogP contribution in [0.5, 0.6) is 0 Å². The second-order valence-corrected chi connectivity index (χ2v) is 4.31. The molecule has 2 aliphatic carbocycles. The van der Waals surface area contributed by atoms with Gasteiger partial charge in [-0.05, 0) is 38.5 Å². The first-order chi connectivity index (χ1) is 5.75. The molecule has 2 aliphatic rings. The summed E-state index contributed by atoms with van der Waals surface area (Å²) in [5.74, 6) is 1.24. The second kappa shape index (κ2) is 3.17. The molecule has 0 aromatic carbocycles. The first kappa shape index (κ1) is 8.24. The van der Waals surface area contributed by atoms with Gasteiger partial charge in [-0.2, -0.15) is 0 Å². The van der Waals surface area contributed by atoms with Crippen molar-refractivity contribution in [3.05, 3.63) is 0 Å². The summed E-state index contributed by atoms with van der Waals surface area (Å²) in [6, 6.07) is 0.759. The van der Waals surface area contributed by atoms with Gasteiger partial charge in [-0.1, -0.05) is 0 Å². The molecule has 2 rings (SSSR count). The van der Waals surface area contributed by atoms with E-state index in [1.807, 2.05) is 0 Å². The van der Waals surface area contributed by atoms with Crippen LogP contribution in [0, 0.1) is 5.92 Å². The van der Waals surface area contributed by atoms with Crippen LogP contribution in [0.3, 0.4) is 0 Å². The van der Waals surface area contributed by atoms with E-state index >= 15 is 0 Å². The summed E-state index contributed by atoms with van der Waals surface area (Å²) in [6.07, 6.45) is 5.42. The minimum atomic E-state index is 0.322. The fourth-order valence-electron chi connectivity index (χ4n) is 1.70. The molecule has 0 bridgehead atoms. The highest BCUT2D eigenvalue weighted by atomic mass is 16.1. The average molecular weight is 167 g/mol. The molecule has 0 N–H and O–H groups in total. The van der Waals surface area contributed by atoms with Crippen LogP contribution in [0.15, 0.2) is 0 Å². The zero-order valence-corrected chi connectivity index (χ0v) is 7.75. The standard InChI is InChI=1S/C10H17NO/c1-8(12)6-11(10-4-5-10)7-9-2-3-9/h9-10H,2-7H2,1H3. The van der Waals surface area contributed by atoms with Crippen LogP contribution in [0.25, 0.3) is 0 Å². The maximum Gasteiger partial charge on any atom is 0.143 e. The van der Waals surface area contributed by atoms with Gasteiger partial charge in [0.05, 0.1) is 6.54 Å². The monoisotopic (exact) mass is 167 g/mol. The van der Waals surface area contributed by atoms with Gasteiger partial charge in [-0.15, -0.1) is 0 Å². The van der Waals surface area contributed by atoms with Crippen molar-refractivity contribution < 1.29 is 4.79 Å². The van der Waals surface area contributed by atoms with E-state index in [-0.39, 0.29) is 0 Å². The van der Waals surface area contributed by atoms with E-state index < -0.39 is 0 Å². The predicted octanol–water partition coefficient (Wildman–Crippen LogP) is 1.45. The van der Waals surface area contributed by atoms with Crippen LogP contribution >= 0.6 is 0 Å². The SMILES string of the molecule is CC(=O)CN(CC1CC1)C1CC1. The fourth-order valence-corrected chi connectivity index (χ4v) is 1.70. The average Bonchev–Trinajstić information content (AvgIpc) is 2.82. The Balaban J connectivity index is 1.78. The molecule has 0 aromatic heterocycles. The molecule has 0 unspecified atom stereocenters. The van der Waals surface area contributed by atoms with Gasteiger partial charge < -0.3 is 0 Å². The Kier molecular flexibility index (Phi) is 2.18. The zero-order valence-electron chi connectivity index (χ0n) is 7.75. The smallest absolute Gasteiger partial charge is 0.143 e. The lowest BCUT2D eigenvalue weighted by Crippen LogP contribution is -2.32. The summed E-state index contributed by atoms with van der Waals surface area (Å²) < 4.78 is 0. The summed E-state index contributed by atoms with van der Waals surface area (Å²) in [6.45, 7) is 3.58. The van der Waals surface area contributed by atoms with Gasteiger partial charge in [0.2, 0.25) is 0 Å². The molecule has 0 amide bonds. The zero-order chi connectivity index (χ0) is 8.55. The summed E-state index contributed by atoms with van der Waals surface area (Å²) in [5.41, 5.74) is 0. The Morgan fingerprint density at radius 1 is 1.33 bits per heavy atom.